The summed E-state index contributed by atoms with van der Waals surface area (Å²) in [5, 5.41) is 20.1. The molecule has 3 aliphatic heterocycles. The third-order valence-corrected chi connectivity index (χ3v) is 8.15. The zero-order chi connectivity index (χ0) is 25.2. The monoisotopic (exact) mass is 558 g/mol. The van der Waals surface area contributed by atoms with Gasteiger partial charge in [-0.3, -0.25) is 14.4 Å². The third kappa shape index (κ3) is 9.35. The van der Waals surface area contributed by atoms with Crippen molar-refractivity contribution in [2.45, 2.75) is 80.4 Å². The van der Waals surface area contributed by atoms with Crippen LogP contribution in [0.5, 0.6) is 0 Å². The fraction of sp³-hybridized carbons (Fsp3) is 0.750. The fourth-order valence-electron chi connectivity index (χ4n) is 4.13. The van der Waals surface area contributed by atoms with Crippen LogP contribution in [0, 0.1) is 0 Å². The fourth-order valence-corrected chi connectivity index (χ4v) is 6.19. The maximum absolute atomic E-state index is 12.0. The number of amides is 5. The van der Waals surface area contributed by atoms with Gasteiger partial charge in [0.1, 0.15) is 5.25 Å². The van der Waals surface area contributed by atoms with Crippen molar-refractivity contribution in [3.63, 3.8) is 0 Å². The Labute approximate surface area is 239 Å². The number of imide groups is 1. The first-order valence-electron chi connectivity index (χ1n) is 11.6. The maximum atomic E-state index is 12.0. The van der Waals surface area contributed by atoms with Crippen LogP contribution in [-0.2, 0) is 33.4 Å². The van der Waals surface area contributed by atoms with E-state index >= 15 is 0 Å². The molecule has 0 spiro atoms. The number of urea groups is 1. The van der Waals surface area contributed by atoms with E-state index in [1.165, 1.54) is 0 Å². The van der Waals surface area contributed by atoms with Crippen molar-refractivity contribution in [2.75, 3.05) is 12.3 Å². The molecule has 0 aliphatic carbocycles. The quantitative estimate of drug-likeness (QED) is 0.0417. The molecule has 198 valence electrons. The Morgan fingerprint density at radius 1 is 1.11 bits per heavy atom. The van der Waals surface area contributed by atoms with E-state index in [9.17, 15) is 24.0 Å². The SMILES string of the molecule is O=C(CCCCC1SC[C@@H]2NC(=O)N[C@H]12)NCCCCCC(=O)ON1C(=O)CC(SOOO)C1=O.[NaH]. The molecule has 0 aromatic carbocycles. The molecule has 3 rings (SSSR count). The second-order valence-corrected chi connectivity index (χ2v) is 10.6. The van der Waals surface area contributed by atoms with Gasteiger partial charge >= 0.3 is 41.6 Å². The predicted molar refractivity (Wildman–Crippen MR) is 131 cm³/mol. The van der Waals surface area contributed by atoms with Crippen molar-refractivity contribution in [3.8, 4) is 0 Å². The van der Waals surface area contributed by atoms with E-state index in [1.807, 2.05) is 11.8 Å². The number of nitrogens with one attached hydrogen (secondary N) is 3. The second kappa shape index (κ2) is 16.0. The molecule has 0 bridgehead atoms. The number of rotatable bonds is 15. The van der Waals surface area contributed by atoms with Crippen molar-refractivity contribution in [3.05, 3.63) is 0 Å². The van der Waals surface area contributed by atoms with Crippen LogP contribution in [0.1, 0.15) is 57.8 Å². The summed E-state index contributed by atoms with van der Waals surface area (Å²) in [6.45, 7) is 0.503. The minimum atomic E-state index is -0.965. The van der Waals surface area contributed by atoms with Gasteiger partial charge in [-0.15, -0.1) is 9.40 Å². The Morgan fingerprint density at radius 2 is 1.89 bits per heavy atom. The summed E-state index contributed by atoms with van der Waals surface area (Å²) in [6.07, 6.45) is 4.76. The summed E-state index contributed by atoms with van der Waals surface area (Å²) in [7, 11) is 0. The minimum absolute atomic E-state index is 0. The van der Waals surface area contributed by atoms with Gasteiger partial charge in [-0.05, 0) is 25.7 Å². The molecule has 3 saturated heterocycles. The number of carbonyl (C=O) groups excluding carboxylic acids is 5. The first-order valence-corrected chi connectivity index (χ1v) is 13.4. The molecule has 36 heavy (non-hydrogen) atoms. The third-order valence-electron chi connectivity index (χ3n) is 5.90. The summed E-state index contributed by atoms with van der Waals surface area (Å²) in [6, 6.07) is 0.312. The van der Waals surface area contributed by atoms with E-state index in [1.54, 1.807) is 0 Å². The van der Waals surface area contributed by atoms with Crippen molar-refractivity contribution in [1.29, 1.82) is 0 Å². The molecular weight excluding hydrogens is 527 g/mol. The van der Waals surface area contributed by atoms with Gasteiger partial charge in [-0.25, -0.2) is 14.8 Å². The number of nitrogens with zero attached hydrogens (tertiary/aromatic N) is 1. The van der Waals surface area contributed by atoms with E-state index in [0.717, 1.165) is 25.0 Å². The van der Waals surface area contributed by atoms with Gasteiger partial charge in [-0.1, -0.05) is 17.9 Å². The summed E-state index contributed by atoms with van der Waals surface area (Å²) >= 11 is 2.31. The Bertz CT molecular complexity index is 809. The van der Waals surface area contributed by atoms with E-state index < -0.39 is 23.0 Å². The molecule has 5 amide bonds. The summed E-state index contributed by atoms with van der Waals surface area (Å²) in [4.78, 5) is 63.9. The Morgan fingerprint density at radius 3 is 2.67 bits per heavy atom. The molecule has 0 saturated carbocycles. The van der Waals surface area contributed by atoms with E-state index in [2.05, 4.69) is 25.3 Å². The molecule has 2 unspecified atom stereocenters. The molecule has 0 aromatic rings. The topological polar surface area (TPSA) is 173 Å². The summed E-state index contributed by atoms with van der Waals surface area (Å²) < 4.78 is 4.16. The number of hydroxylamine groups is 2. The van der Waals surface area contributed by atoms with E-state index in [0.29, 0.717) is 54.6 Å². The molecule has 4 N–H and O–H groups in total. The Hall–Kier alpha value is -1.07. The van der Waals surface area contributed by atoms with Crippen molar-refractivity contribution in [1.82, 2.24) is 21.0 Å². The number of hydrogen-bond acceptors (Lipinski definition) is 11. The molecule has 13 nitrogen and oxygen atoms in total. The van der Waals surface area contributed by atoms with Gasteiger partial charge in [0.05, 0.1) is 18.5 Å². The molecule has 4 atom stereocenters. The summed E-state index contributed by atoms with van der Waals surface area (Å²) in [5.41, 5.74) is 0. The van der Waals surface area contributed by atoms with Crippen LogP contribution in [0.4, 0.5) is 4.79 Å². The van der Waals surface area contributed by atoms with Gasteiger partial charge in [0, 0.05) is 42.4 Å². The van der Waals surface area contributed by atoms with Crippen molar-refractivity contribution in [2.24, 2.45) is 0 Å². The van der Waals surface area contributed by atoms with Gasteiger partial charge in [0.15, 0.2) is 0 Å². The number of unbranched alkanes of at least 4 members (excludes halogenated alkanes) is 3. The van der Waals surface area contributed by atoms with Gasteiger partial charge < -0.3 is 20.8 Å². The molecule has 3 fully saturated rings. The van der Waals surface area contributed by atoms with Crippen LogP contribution in [0.15, 0.2) is 0 Å². The standard InChI is InChI=1S/C20H30N4O9S2.Na.H/c25-15(7-4-3-6-13-18-12(11-34-13)22-20(29)23-18)21-9-5-1-2-8-17(27)31-24-16(26)10-14(19(24)28)35-33-32-30;;/h12-14,18,30H,1-11H2,(H,21,25)(H2,22,23,29);;/t12-,13?,14?,18-;;/m0../s1. The molecule has 3 heterocycles. The number of hydrogen-bond donors (Lipinski definition) is 4. The molecule has 16 heteroatoms. The van der Waals surface area contributed by atoms with Crippen LogP contribution in [0.3, 0.4) is 0 Å². The Balaban J connectivity index is 0.00000456. The van der Waals surface area contributed by atoms with E-state index in [4.69, 9.17) is 10.1 Å². The normalized spacial score (nSPS) is 24.7. The molecular formula is C20H31N4NaO9S2. The van der Waals surface area contributed by atoms with Crippen LogP contribution in [0.2, 0.25) is 0 Å². The van der Waals surface area contributed by atoms with Crippen molar-refractivity contribution >= 4 is 83.1 Å². The first-order chi connectivity index (χ1) is 16.9. The average molecular weight is 559 g/mol. The average Bonchev–Trinajstić information content (AvgIpc) is 3.46. The van der Waals surface area contributed by atoms with E-state index in [-0.39, 0.29) is 66.4 Å². The molecule has 0 radical (unpaired) electrons. The van der Waals surface area contributed by atoms with Crippen molar-refractivity contribution < 1.29 is 43.4 Å². The van der Waals surface area contributed by atoms with Crippen LogP contribution < -0.4 is 16.0 Å². The molecule has 0 aromatic heterocycles. The second-order valence-electron chi connectivity index (χ2n) is 8.45. The Kier molecular flexibility index (Phi) is 13.9. The van der Waals surface area contributed by atoms with Crippen LogP contribution in [0.25, 0.3) is 0 Å². The van der Waals surface area contributed by atoms with Gasteiger partial charge in [-0.2, -0.15) is 11.8 Å². The number of thioether (sulfide) groups is 1. The summed E-state index contributed by atoms with van der Waals surface area (Å²) in [5.74, 6) is -1.23. The number of carbonyl (C=O) groups is 5. The van der Waals surface area contributed by atoms with Gasteiger partial charge in [0.25, 0.3) is 11.8 Å². The van der Waals surface area contributed by atoms with Gasteiger partial charge in [0.2, 0.25) is 5.91 Å². The zero-order valence-electron chi connectivity index (χ0n) is 19.1. The number of fused-ring (bicyclic) bond motifs is 1. The predicted octanol–water partition coefficient (Wildman–Crippen LogP) is 0.395. The first kappa shape index (κ1) is 31.1. The zero-order valence-corrected chi connectivity index (χ0v) is 20.7. The molecule has 3 aliphatic rings. The van der Waals surface area contributed by atoms with Crippen LogP contribution in [-0.4, -0.2) is 104 Å². The van der Waals surface area contributed by atoms with Crippen LogP contribution >= 0.6 is 23.8 Å².